The number of nitrogens with one attached hydrogen (secondary N) is 2. The first kappa shape index (κ1) is 23.2. The van der Waals surface area contributed by atoms with Crippen LogP contribution in [0.25, 0.3) is 0 Å². The zero-order chi connectivity index (χ0) is 22.6. The average Bonchev–Trinajstić information content (AvgIpc) is 2.96. The number of para-hydroxylation sites is 1. The topological polar surface area (TPSA) is 75.2 Å². The molecule has 172 valence electrons. The first-order valence-corrected chi connectivity index (χ1v) is 11.1. The number of carbonyl (C=O) groups excluding carboxylic acids is 1. The van der Waals surface area contributed by atoms with Crippen molar-refractivity contribution in [3.63, 3.8) is 0 Å². The summed E-state index contributed by atoms with van der Waals surface area (Å²) in [6.45, 7) is 8.05. The van der Waals surface area contributed by atoms with E-state index in [1.54, 1.807) is 25.2 Å². The lowest BCUT2D eigenvalue weighted by molar-refractivity contribution is 0.00544. The van der Waals surface area contributed by atoms with E-state index in [0.29, 0.717) is 12.5 Å². The Morgan fingerprint density at radius 2 is 1.90 bits per heavy atom. The first-order valence-electron chi connectivity index (χ1n) is 11.1. The van der Waals surface area contributed by atoms with Gasteiger partial charge in [0.25, 0.3) is 0 Å². The van der Waals surface area contributed by atoms with E-state index in [-0.39, 0.29) is 41.9 Å². The van der Waals surface area contributed by atoms with Gasteiger partial charge in [0, 0.05) is 25.2 Å². The molecule has 1 aromatic rings. The third-order valence-electron chi connectivity index (χ3n) is 5.62. The fraction of sp³-hybridized carbons (Fsp3) is 0.652. The molecule has 3 rings (SSSR count). The zero-order valence-corrected chi connectivity index (χ0v) is 19.2. The van der Waals surface area contributed by atoms with Crippen LogP contribution in [0.15, 0.2) is 29.3 Å². The molecule has 31 heavy (non-hydrogen) atoms. The normalized spacial score (nSPS) is 24.5. The molecule has 8 heteroatoms. The third kappa shape index (κ3) is 6.24. The van der Waals surface area contributed by atoms with Gasteiger partial charge in [-0.1, -0.05) is 12.1 Å². The number of benzene rings is 1. The molecule has 7 nitrogen and oxygen atoms in total. The third-order valence-corrected chi connectivity index (χ3v) is 5.62. The van der Waals surface area contributed by atoms with Crippen LogP contribution < -0.4 is 15.4 Å². The van der Waals surface area contributed by atoms with Crippen LogP contribution >= 0.6 is 0 Å². The Labute approximate surface area is 184 Å². The number of piperidine rings is 1. The molecule has 0 radical (unpaired) electrons. The van der Waals surface area contributed by atoms with Gasteiger partial charge in [-0.15, -0.1) is 0 Å². The van der Waals surface area contributed by atoms with Gasteiger partial charge in [0.15, 0.2) is 17.5 Å². The largest absolute Gasteiger partial charge is 0.486 e. The summed E-state index contributed by atoms with van der Waals surface area (Å²) in [5, 5.41) is 6.73. The Kier molecular flexibility index (Phi) is 7.28. The Bertz CT molecular complexity index is 781. The zero-order valence-electron chi connectivity index (χ0n) is 19.2. The van der Waals surface area contributed by atoms with Crippen LogP contribution in [0.4, 0.5) is 9.18 Å². The highest BCUT2D eigenvalue weighted by atomic mass is 19.1. The van der Waals surface area contributed by atoms with Crippen LogP contribution in [0.5, 0.6) is 5.75 Å². The second-order valence-electron chi connectivity index (χ2n) is 9.40. The van der Waals surface area contributed by atoms with Gasteiger partial charge in [0.1, 0.15) is 11.7 Å². The summed E-state index contributed by atoms with van der Waals surface area (Å²) < 4.78 is 25.0. The second-order valence-corrected chi connectivity index (χ2v) is 9.40. The molecule has 1 amide bonds. The van der Waals surface area contributed by atoms with Crippen molar-refractivity contribution < 1.29 is 18.7 Å². The maximum absolute atomic E-state index is 13.8. The predicted octanol–water partition coefficient (Wildman–Crippen LogP) is 3.69. The smallest absolute Gasteiger partial charge is 0.410 e. The predicted molar refractivity (Wildman–Crippen MR) is 119 cm³/mol. The molecular weight excluding hydrogens is 399 g/mol. The minimum absolute atomic E-state index is 0.188. The van der Waals surface area contributed by atoms with E-state index in [0.717, 1.165) is 25.7 Å². The fourth-order valence-corrected chi connectivity index (χ4v) is 4.33. The molecule has 2 heterocycles. The monoisotopic (exact) mass is 434 g/mol. The number of amides is 1. The van der Waals surface area contributed by atoms with Crippen molar-refractivity contribution in [2.45, 2.75) is 83.2 Å². The molecule has 2 aliphatic heterocycles. The molecule has 3 unspecified atom stereocenters. The summed E-state index contributed by atoms with van der Waals surface area (Å²) >= 11 is 0. The van der Waals surface area contributed by atoms with Gasteiger partial charge in [0.2, 0.25) is 0 Å². The quantitative estimate of drug-likeness (QED) is 0.546. The highest BCUT2D eigenvalue weighted by Crippen LogP contribution is 2.36. The fourth-order valence-electron chi connectivity index (χ4n) is 4.33. The molecule has 0 saturated carbocycles. The van der Waals surface area contributed by atoms with Gasteiger partial charge in [-0.05, 0) is 65.5 Å². The second kappa shape index (κ2) is 9.75. The number of aliphatic imine (C=N–C) groups is 1. The summed E-state index contributed by atoms with van der Waals surface area (Å²) in [4.78, 5) is 18.9. The summed E-state index contributed by atoms with van der Waals surface area (Å²) in [5.74, 6) is 0.550. The van der Waals surface area contributed by atoms with Crippen LogP contribution in [0, 0.1) is 5.82 Å². The van der Waals surface area contributed by atoms with Crippen molar-refractivity contribution in [2.75, 3.05) is 13.6 Å². The lowest BCUT2D eigenvalue weighted by atomic mass is 9.98. The average molecular weight is 435 g/mol. The minimum atomic E-state index is -0.487. The number of hydrogen-bond acceptors (Lipinski definition) is 4. The van der Waals surface area contributed by atoms with E-state index in [1.165, 1.54) is 6.07 Å². The Hall–Kier alpha value is -2.51. The van der Waals surface area contributed by atoms with E-state index in [2.05, 4.69) is 15.6 Å². The van der Waals surface area contributed by atoms with Crippen molar-refractivity contribution in [3.05, 3.63) is 30.1 Å². The van der Waals surface area contributed by atoms with Crippen molar-refractivity contribution in [1.82, 2.24) is 15.5 Å². The number of nitrogens with zero attached hydrogens (tertiary/aromatic N) is 2. The number of carbonyl (C=O) groups is 1. The molecule has 2 bridgehead atoms. The molecule has 2 aliphatic rings. The molecule has 0 aromatic heterocycles. The molecule has 0 aliphatic carbocycles. The number of fused-ring (bicyclic) bond motifs is 2. The number of halogens is 1. The summed E-state index contributed by atoms with van der Waals surface area (Å²) in [5.41, 5.74) is -0.487. The van der Waals surface area contributed by atoms with Gasteiger partial charge >= 0.3 is 6.09 Å². The maximum Gasteiger partial charge on any atom is 0.410 e. The van der Waals surface area contributed by atoms with Crippen LogP contribution in [0.1, 0.15) is 53.4 Å². The van der Waals surface area contributed by atoms with Crippen LogP contribution in [0.2, 0.25) is 0 Å². The molecular formula is C23H35FN4O3. The van der Waals surface area contributed by atoms with E-state index in [4.69, 9.17) is 9.47 Å². The molecule has 0 spiro atoms. The number of ether oxygens (including phenoxy) is 2. The molecule has 3 atom stereocenters. The van der Waals surface area contributed by atoms with Crippen molar-refractivity contribution >= 4 is 12.1 Å². The summed E-state index contributed by atoms with van der Waals surface area (Å²) in [7, 11) is 1.72. The van der Waals surface area contributed by atoms with E-state index >= 15 is 0 Å². The number of rotatable bonds is 5. The lowest BCUT2D eigenvalue weighted by Gasteiger charge is -2.40. The summed E-state index contributed by atoms with van der Waals surface area (Å²) in [6.07, 6.45) is 3.28. The van der Waals surface area contributed by atoms with E-state index in [1.807, 2.05) is 32.6 Å². The Morgan fingerprint density at radius 1 is 1.26 bits per heavy atom. The summed E-state index contributed by atoms with van der Waals surface area (Å²) in [6, 6.07) is 6.99. The molecule has 2 fully saturated rings. The Balaban J connectivity index is 1.48. The molecule has 2 N–H and O–H groups in total. The SMILES string of the molecule is CN=C(NCC(C)Oc1ccccc1F)NC1CC2CCC(C1)N2C(=O)OC(C)(C)C. The Morgan fingerprint density at radius 3 is 2.48 bits per heavy atom. The van der Waals surface area contributed by atoms with Gasteiger partial charge in [-0.25, -0.2) is 9.18 Å². The van der Waals surface area contributed by atoms with Crippen molar-refractivity contribution in [3.8, 4) is 5.75 Å². The van der Waals surface area contributed by atoms with Gasteiger partial charge in [-0.2, -0.15) is 0 Å². The molecule has 1 aromatic carbocycles. The lowest BCUT2D eigenvalue weighted by Crippen LogP contribution is -2.55. The van der Waals surface area contributed by atoms with Crippen LogP contribution in [0.3, 0.4) is 0 Å². The molecule has 2 saturated heterocycles. The van der Waals surface area contributed by atoms with Gasteiger partial charge in [0.05, 0.1) is 6.54 Å². The van der Waals surface area contributed by atoms with Crippen molar-refractivity contribution in [1.29, 1.82) is 0 Å². The van der Waals surface area contributed by atoms with Crippen LogP contribution in [-0.2, 0) is 4.74 Å². The van der Waals surface area contributed by atoms with E-state index in [9.17, 15) is 9.18 Å². The maximum atomic E-state index is 13.8. The number of hydrogen-bond donors (Lipinski definition) is 2. The highest BCUT2D eigenvalue weighted by Gasteiger charge is 2.45. The number of guanidine groups is 1. The van der Waals surface area contributed by atoms with Crippen molar-refractivity contribution in [2.24, 2.45) is 4.99 Å². The first-order chi connectivity index (χ1) is 14.7. The van der Waals surface area contributed by atoms with E-state index < -0.39 is 5.60 Å². The van der Waals surface area contributed by atoms with Gasteiger partial charge in [-0.3, -0.25) is 4.99 Å². The minimum Gasteiger partial charge on any atom is -0.486 e. The standard InChI is InChI=1S/C23H35FN4O3/c1-15(30-20-9-7-6-8-19(20)24)14-26-21(25-5)27-16-12-17-10-11-18(13-16)28(17)22(29)31-23(2,3)4/h6-9,15-18H,10-14H2,1-5H3,(H2,25,26,27). The highest BCUT2D eigenvalue weighted by molar-refractivity contribution is 5.80. The van der Waals surface area contributed by atoms with Gasteiger partial charge < -0.3 is 25.0 Å². The van der Waals surface area contributed by atoms with Crippen LogP contribution in [-0.4, -0.2) is 60.4 Å².